The smallest absolute Gasteiger partial charge is 0.145 e. The highest BCUT2D eigenvalue weighted by Crippen LogP contribution is 2.32. The molecule has 0 saturated carbocycles. The molecule has 0 saturated heterocycles. The Kier molecular flexibility index (Phi) is 4.09. The molecule has 1 aromatic rings. The lowest BCUT2D eigenvalue weighted by Gasteiger charge is -2.14. The van der Waals surface area contributed by atoms with Crippen molar-refractivity contribution in [1.82, 2.24) is 0 Å². The number of halogens is 2. The van der Waals surface area contributed by atoms with Gasteiger partial charge in [-0.15, -0.1) is 0 Å². The molecule has 0 N–H and O–H groups in total. The molecule has 1 rings (SSSR count). The zero-order valence-electron chi connectivity index (χ0n) is 8.59. The first-order valence-electron chi connectivity index (χ1n) is 4.56. The van der Waals surface area contributed by atoms with Gasteiger partial charge >= 0.3 is 0 Å². The summed E-state index contributed by atoms with van der Waals surface area (Å²) in [5.41, 5.74) is 0.746. The minimum atomic E-state index is -0.518. The molecule has 0 aliphatic carbocycles. The third-order valence-corrected chi connectivity index (χ3v) is 2.54. The Balaban J connectivity index is 3.14. The Bertz CT molecular complexity index is 366. The van der Waals surface area contributed by atoms with E-state index in [1.807, 2.05) is 6.92 Å². The first kappa shape index (κ1) is 12.0. The Morgan fingerprint density at radius 2 is 2.27 bits per heavy atom. The molecule has 0 aromatic heterocycles. The first-order valence-corrected chi connectivity index (χ1v) is 4.94. The average molecular weight is 231 g/mol. The summed E-state index contributed by atoms with van der Waals surface area (Å²) in [5, 5.41) is 0.0450. The predicted octanol–water partition coefficient (Wildman–Crippen LogP) is 3.18. The van der Waals surface area contributed by atoms with Gasteiger partial charge in [0.15, 0.2) is 0 Å². The van der Waals surface area contributed by atoms with Gasteiger partial charge in [0.1, 0.15) is 17.9 Å². The number of methoxy groups -OCH3 is 1. The Morgan fingerprint density at radius 1 is 1.60 bits per heavy atom. The van der Waals surface area contributed by atoms with Gasteiger partial charge in [-0.1, -0.05) is 18.5 Å². The van der Waals surface area contributed by atoms with Crippen LogP contribution in [0.25, 0.3) is 0 Å². The van der Waals surface area contributed by atoms with Crippen molar-refractivity contribution in [2.45, 2.75) is 19.3 Å². The zero-order valence-corrected chi connectivity index (χ0v) is 9.34. The van der Waals surface area contributed by atoms with Gasteiger partial charge in [-0.05, 0) is 17.5 Å². The number of aldehydes is 1. The minimum Gasteiger partial charge on any atom is -0.496 e. The fraction of sp³-hybridized carbons (Fsp3) is 0.364. The second-order valence-electron chi connectivity index (χ2n) is 3.31. The molecule has 15 heavy (non-hydrogen) atoms. The molecule has 0 aliphatic rings. The van der Waals surface area contributed by atoms with Crippen LogP contribution in [0, 0.1) is 5.82 Å². The Morgan fingerprint density at radius 3 is 2.80 bits per heavy atom. The summed E-state index contributed by atoms with van der Waals surface area (Å²) in [5.74, 6) is -0.127. The molecule has 1 aromatic carbocycles. The van der Waals surface area contributed by atoms with Crippen LogP contribution in [0.5, 0.6) is 5.75 Å². The van der Waals surface area contributed by atoms with Crippen molar-refractivity contribution >= 4 is 17.9 Å². The highest BCUT2D eigenvalue weighted by atomic mass is 35.5. The quantitative estimate of drug-likeness (QED) is 0.743. The molecular formula is C11H12ClFO2. The van der Waals surface area contributed by atoms with Crippen LogP contribution in [0.1, 0.15) is 24.8 Å². The van der Waals surface area contributed by atoms with E-state index >= 15 is 0 Å². The van der Waals surface area contributed by atoms with Crippen molar-refractivity contribution in [2.24, 2.45) is 0 Å². The van der Waals surface area contributed by atoms with E-state index < -0.39 is 5.82 Å². The van der Waals surface area contributed by atoms with Crippen molar-refractivity contribution in [1.29, 1.82) is 0 Å². The summed E-state index contributed by atoms with van der Waals surface area (Å²) < 4.78 is 18.1. The maximum absolute atomic E-state index is 13.1. The van der Waals surface area contributed by atoms with Gasteiger partial charge in [-0.25, -0.2) is 4.39 Å². The molecule has 0 bridgehead atoms. The second-order valence-corrected chi connectivity index (χ2v) is 3.72. The molecule has 0 heterocycles. The standard InChI is InChI=1S/C11H12ClFO2/c1-7(3-4-14)8-5-9(12)10(13)6-11(8)15-2/h4-7H,3H2,1-2H3. The SMILES string of the molecule is COc1cc(F)c(Cl)cc1C(C)CC=O. The molecule has 0 spiro atoms. The summed E-state index contributed by atoms with van der Waals surface area (Å²) in [7, 11) is 1.46. The summed E-state index contributed by atoms with van der Waals surface area (Å²) in [6.07, 6.45) is 1.18. The molecule has 4 heteroatoms. The van der Waals surface area contributed by atoms with Gasteiger partial charge in [0.05, 0.1) is 12.1 Å². The van der Waals surface area contributed by atoms with Crippen LogP contribution in [0.2, 0.25) is 5.02 Å². The maximum Gasteiger partial charge on any atom is 0.145 e. The van der Waals surface area contributed by atoms with Crippen LogP contribution in [0.3, 0.4) is 0 Å². The Labute approximate surface area is 93.0 Å². The minimum absolute atomic E-state index is 0.0319. The summed E-state index contributed by atoms with van der Waals surface area (Å²) in [6, 6.07) is 2.74. The third-order valence-electron chi connectivity index (χ3n) is 2.25. The average Bonchev–Trinajstić information content (AvgIpc) is 2.21. The van der Waals surface area contributed by atoms with Crippen molar-refractivity contribution in [3.63, 3.8) is 0 Å². The van der Waals surface area contributed by atoms with E-state index in [1.54, 1.807) is 0 Å². The van der Waals surface area contributed by atoms with E-state index in [-0.39, 0.29) is 10.9 Å². The topological polar surface area (TPSA) is 26.3 Å². The van der Waals surface area contributed by atoms with E-state index in [2.05, 4.69) is 0 Å². The number of hydrogen-bond acceptors (Lipinski definition) is 2. The maximum atomic E-state index is 13.1. The molecule has 2 nitrogen and oxygen atoms in total. The second kappa shape index (κ2) is 5.12. The number of hydrogen-bond donors (Lipinski definition) is 0. The lowest BCUT2D eigenvalue weighted by atomic mass is 9.97. The number of benzene rings is 1. The number of rotatable bonds is 4. The van der Waals surface area contributed by atoms with Gasteiger partial charge < -0.3 is 9.53 Å². The monoisotopic (exact) mass is 230 g/mol. The molecule has 0 amide bonds. The lowest BCUT2D eigenvalue weighted by Crippen LogP contribution is -1.99. The van der Waals surface area contributed by atoms with Gasteiger partial charge in [0.25, 0.3) is 0 Å². The zero-order chi connectivity index (χ0) is 11.4. The highest BCUT2D eigenvalue weighted by Gasteiger charge is 2.14. The van der Waals surface area contributed by atoms with E-state index in [4.69, 9.17) is 16.3 Å². The Hall–Kier alpha value is -1.09. The van der Waals surface area contributed by atoms with Gasteiger partial charge in [-0.3, -0.25) is 0 Å². The number of carbonyl (C=O) groups is 1. The van der Waals surface area contributed by atoms with Crippen LogP contribution >= 0.6 is 11.6 Å². The van der Waals surface area contributed by atoms with Crippen LogP contribution in [-0.2, 0) is 4.79 Å². The molecule has 82 valence electrons. The van der Waals surface area contributed by atoms with Gasteiger partial charge in [0, 0.05) is 12.5 Å². The molecule has 0 radical (unpaired) electrons. The predicted molar refractivity (Wildman–Crippen MR) is 57.1 cm³/mol. The summed E-state index contributed by atoms with van der Waals surface area (Å²) in [6.45, 7) is 1.86. The summed E-state index contributed by atoms with van der Waals surface area (Å²) >= 11 is 5.67. The van der Waals surface area contributed by atoms with Crippen molar-refractivity contribution in [2.75, 3.05) is 7.11 Å². The highest BCUT2D eigenvalue weighted by molar-refractivity contribution is 6.30. The van der Waals surface area contributed by atoms with Crippen LogP contribution in [-0.4, -0.2) is 13.4 Å². The van der Waals surface area contributed by atoms with Crippen molar-refractivity contribution in [3.8, 4) is 5.75 Å². The molecular weight excluding hydrogens is 219 g/mol. The fourth-order valence-electron chi connectivity index (χ4n) is 1.38. The molecule has 0 fully saturated rings. The molecule has 1 unspecified atom stereocenters. The van der Waals surface area contributed by atoms with Crippen LogP contribution in [0.15, 0.2) is 12.1 Å². The largest absolute Gasteiger partial charge is 0.496 e. The summed E-state index contributed by atoms with van der Waals surface area (Å²) in [4.78, 5) is 10.4. The van der Waals surface area contributed by atoms with Crippen LogP contribution in [0.4, 0.5) is 4.39 Å². The van der Waals surface area contributed by atoms with Gasteiger partial charge in [-0.2, -0.15) is 0 Å². The number of carbonyl (C=O) groups excluding carboxylic acids is 1. The molecule has 1 atom stereocenters. The molecule has 0 aliphatic heterocycles. The van der Waals surface area contributed by atoms with Gasteiger partial charge in [0.2, 0.25) is 0 Å². The van der Waals surface area contributed by atoms with Crippen molar-refractivity contribution < 1.29 is 13.9 Å². The lowest BCUT2D eigenvalue weighted by molar-refractivity contribution is -0.108. The third kappa shape index (κ3) is 2.69. The van der Waals surface area contributed by atoms with E-state index in [9.17, 15) is 9.18 Å². The van der Waals surface area contributed by atoms with Crippen molar-refractivity contribution in [3.05, 3.63) is 28.5 Å². The fourth-order valence-corrected chi connectivity index (χ4v) is 1.55. The van der Waals surface area contributed by atoms with E-state index in [0.29, 0.717) is 12.2 Å². The first-order chi connectivity index (χ1) is 7.10. The van der Waals surface area contributed by atoms with E-state index in [0.717, 1.165) is 11.8 Å². The number of ether oxygens (including phenoxy) is 1. The van der Waals surface area contributed by atoms with Crippen LogP contribution < -0.4 is 4.74 Å². The normalized spacial score (nSPS) is 12.3. The van der Waals surface area contributed by atoms with E-state index in [1.165, 1.54) is 19.2 Å².